The van der Waals surface area contributed by atoms with Crippen LogP contribution in [-0.4, -0.2) is 35.5 Å². The molecule has 1 saturated heterocycles. The van der Waals surface area contributed by atoms with Crippen LogP contribution in [0.4, 0.5) is 0 Å². The topological polar surface area (TPSA) is 3.24 Å². The van der Waals surface area contributed by atoms with Gasteiger partial charge < -0.3 is 0 Å². The van der Waals surface area contributed by atoms with E-state index in [9.17, 15) is 0 Å². The Morgan fingerprint density at radius 3 is 2.00 bits per heavy atom. The minimum absolute atomic E-state index is 0.735. The summed E-state index contributed by atoms with van der Waals surface area (Å²) in [6.45, 7) is 7.10. The van der Waals surface area contributed by atoms with E-state index in [0.717, 1.165) is 6.04 Å². The van der Waals surface area contributed by atoms with Gasteiger partial charge in [0.2, 0.25) is 0 Å². The van der Waals surface area contributed by atoms with Gasteiger partial charge in [-0.3, -0.25) is 4.90 Å². The third-order valence-corrected chi connectivity index (χ3v) is 4.10. The van der Waals surface area contributed by atoms with E-state index in [-0.39, 0.29) is 0 Å². The van der Waals surface area contributed by atoms with Crippen molar-refractivity contribution in [2.75, 3.05) is 24.6 Å². The van der Waals surface area contributed by atoms with E-state index < -0.39 is 0 Å². The monoisotopic (exact) mass is 177 g/mol. The van der Waals surface area contributed by atoms with Crippen LogP contribution < -0.4 is 0 Å². The van der Waals surface area contributed by atoms with Crippen LogP contribution in [0.2, 0.25) is 0 Å². The SMILES string of the molecule is CC(C)N1CCSSCC1. The van der Waals surface area contributed by atoms with Gasteiger partial charge in [0.05, 0.1) is 0 Å². The van der Waals surface area contributed by atoms with Crippen LogP contribution in [-0.2, 0) is 0 Å². The molecular formula is C7H15NS2. The zero-order valence-electron chi connectivity index (χ0n) is 6.67. The van der Waals surface area contributed by atoms with Crippen LogP contribution in [0.3, 0.4) is 0 Å². The average molecular weight is 177 g/mol. The molecular weight excluding hydrogens is 162 g/mol. The lowest BCUT2D eigenvalue weighted by atomic mass is 10.3. The van der Waals surface area contributed by atoms with Gasteiger partial charge in [-0.1, -0.05) is 21.6 Å². The third kappa shape index (κ3) is 2.72. The summed E-state index contributed by atoms with van der Waals surface area (Å²) in [7, 11) is 4.02. The van der Waals surface area contributed by atoms with Gasteiger partial charge in [0.25, 0.3) is 0 Å². The van der Waals surface area contributed by atoms with E-state index in [0.29, 0.717) is 0 Å². The lowest BCUT2D eigenvalue weighted by Gasteiger charge is -2.23. The zero-order chi connectivity index (χ0) is 7.40. The smallest absolute Gasteiger partial charge is 0.0165 e. The van der Waals surface area contributed by atoms with Crippen molar-refractivity contribution in [3.8, 4) is 0 Å². The number of hydrogen-bond acceptors (Lipinski definition) is 3. The normalized spacial score (nSPS) is 23.1. The highest BCUT2D eigenvalue weighted by Gasteiger charge is 2.11. The fraction of sp³-hybridized carbons (Fsp3) is 1.00. The van der Waals surface area contributed by atoms with Gasteiger partial charge in [-0.15, -0.1) is 0 Å². The van der Waals surface area contributed by atoms with Crippen molar-refractivity contribution in [2.45, 2.75) is 19.9 Å². The molecule has 0 atom stereocenters. The van der Waals surface area contributed by atoms with Crippen LogP contribution in [0.15, 0.2) is 0 Å². The number of nitrogens with zero attached hydrogens (tertiary/aromatic N) is 1. The van der Waals surface area contributed by atoms with Crippen molar-refractivity contribution in [1.82, 2.24) is 4.90 Å². The second-order valence-electron chi connectivity index (χ2n) is 2.77. The first-order chi connectivity index (χ1) is 4.80. The minimum atomic E-state index is 0.735. The second-order valence-corrected chi connectivity index (χ2v) is 5.48. The fourth-order valence-corrected chi connectivity index (χ4v) is 3.06. The molecule has 0 saturated carbocycles. The lowest BCUT2D eigenvalue weighted by Crippen LogP contribution is -2.33. The maximum absolute atomic E-state index is 2.55. The van der Waals surface area contributed by atoms with Gasteiger partial charge in [0, 0.05) is 30.6 Å². The molecule has 0 aromatic heterocycles. The minimum Gasteiger partial charge on any atom is -0.299 e. The van der Waals surface area contributed by atoms with Gasteiger partial charge in [0.1, 0.15) is 0 Å². The first kappa shape index (κ1) is 8.75. The molecule has 60 valence electrons. The Hall–Kier alpha value is 0.660. The molecule has 0 amide bonds. The Balaban J connectivity index is 2.28. The van der Waals surface area contributed by atoms with Crippen LogP contribution in [0.5, 0.6) is 0 Å². The summed E-state index contributed by atoms with van der Waals surface area (Å²) in [5.41, 5.74) is 0. The molecule has 0 aromatic carbocycles. The standard InChI is InChI=1S/C7H15NS2/c1-7(2)8-3-5-9-10-6-4-8/h7H,3-6H2,1-2H3. The van der Waals surface area contributed by atoms with E-state index >= 15 is 0 Å². The molecule has 0 radical (unpaired) electrons. The van der Waals surface area contributed by atoms with Crippen LogP contribution in [0.1, 0.15) is 13.8 Å². The summed E-state index contributed by atoms with van der Waals surface area (Å²) >= 11 is 0. The molecule has 1 nitrogen and oxygen atoms in total. The Morgan fingerprint density at radius 1 is 1.10 bits per heavy atom. The molecule has 1 fully saturated rings. The van der Waals surface area contributed by atoms with Crippen molar-refractivity contribution in [1.29, 1.82) is 0 Å². The molecule has 0 N–H and O–H groups in total. The van der Waals surface area contributed by atoms with Crippen molar-refractivity contribution >= 4 is 21.6 Å². The molecule has 1 heterocycles. The van der Waals surface area contributed by atoms with Crippen LogP contribution >= 0.6 is 21.6 Å². The molecule has 0 unspecified atom stereocenters. The lowest BCUT2D eigenvalue weighted by molar-refractivity contribution is 0.252. The molecule has 1 aliphatic rings. The summed E-state index contributed by atoms with van der Waals surface area (Å²) < 4.78 is 0. The molecule has 10 heavy (non-hydrogen) atoms. The predicted octanol–water partition coefficient (Wildman–Crippen LogP) is 2.09. The summed E-state index contributed by atoms with van der Waals surface area (Å²) in [5.74, 6) is 2.59. The molecule has 0 bridgehead atoms. The van der Waals surface area contributed by atoms with Gasteiger partial charge >= 0.3 is 0 Å². The highest BCUT2D eigenvalue weighted by molar-refractivity contribution is 8.76. The van der Waals surface area contributed by atoms with E-state index in [2.05, 4.69) is 18.7 Å². The largest absolute Gasteiger partial charge is 0.299 e. The third-order valence-electron chi connectivity index (χ3n) is 1.74. The first-order valence-corrected chi connectivity index (χ1v) is 6.28. The molecule has 1 rings (SSSR count). The fourth-order valence-electron chi connectivity index (χ4n) is 1.06. The Kier molecular flexibility index (Phi) is 3.96. The Labute approximate surface area is 71.3 Å². The Morgan fingerprint density at radius 2 is 1.60 bits per heavy atom. The Bertz CT molecular complexity index is 87.6. The zero-order valence-corrected chi connectivity index (χ0v) is 8.30. The van der Waals surface area contributed by atoms with E-state index in [1.165, 1.54) is 24.6 Å². The maximum Gasteiger partial charge on any atom is 0.0165 e. The summed E-state index contributed by atoms with van der Waals surface area (Å²) in [6.07, 6.45) is 0. The molecule has 0 spiro atoms. The van der Waals surface area contributed by atoms with Crippen molar-refractivity contribution in [3.05, 3.63) is 0 Å². The average Bonchev–Trinajstić information content (AvgIpc) is 2.12. The quantitative estimate of drug-likeness (QED) is 0.565. The summed E-state index contributed by atoms with van der Waals surface area (Å²) in [5, 5.41) is 0. The molecule has 0 aromatic rings. The van der Waals surface area contributed by atoms with Crippen LogP contribution in [0, 0.1) is 0 Å². The van der Waals surface area contributed by atoms with E-state index in [1.54, 1.807) is 0 Å². The van der Waals surface area contributed by atoms with Gasteiger partial charge in [-0.25, -0.2) is 0 Å². The molecule has 0 aliphatic carbocycles. The van der Waals surface area contributed by atoms with Crippen LogP contribution in [0.25, 0.3) is 0 Å². The second kappa shape index (κ2) is 4.52. The highest BCUT2D eigenvalue weighted by Crippen LogP contribution is 2.24. The summed E-state index contributed by atoms with van der Waals surface area (Å²) in [4.78, 5) is 2.55. The molecule has 3 heteroatoms. The molecule has 1 aliphatic heterocycles. The van der Waals surface area contributed by atoms with E-state index in [4.69, 9.17) is 0 Å². The first-order valence-electron chi connectivity index (χ1n) is 3.79. The van der Waals surface area contributed by atoms with Gasteiger partial charge in [-0.2, -0.15) is 0 Å². The highest BCUT2D eigenvalue weighted by atomic mass is 33.1. The van der Waals surface area contributed by atoms with E-state index in [1.807, 2.05) is 21.6 Å². The summed E-state index contributed by atoms with van der Waals surface area (Å²) in [6, 6.07) is 0.735. The maximum atomic E-state index is 2.55. The van der Waals surface area contributed by atoms with Crippen molar-refractivity contribution in [3.63, 3.8) is 0 Å². The van der Waals surface area contributed by atoms with Crippen molar-refractivity contribution < 1.29 is 0 Å². The number of hydrogen-bond donors (Lipinski definition) is 0. The van der Waals surface area contributed by atoms with Gasteiger partial charge in [0.15, 0.2) is 0 Å². The van der Waals surface area contributed by atoms with Gasteiger partial charge in [-0.05, 0) is 13.8 Å². The van der Waals surface area contributed by atoms with Crippen molar-refractivity contribution in [2.24, 2.45) is 0 Å². The predicted molar refractivity (Wildman–Crippen MR) is 51.6 cm³/mol. The number of rotatable bonds is 1.